The van der Waals surface area contributed by atoms with Crippen molar-refractivity contribution in [3.05, 3.63) is 57.6 Å². The summed E-state index contributed by atoms with van der Waals surface area (Å²) in [5.41, 5.74) is 3.64. The summed E-state index contributed by atoms with van der Waals surface area (Å²) in [5.74, 6) is 0. The van der Waals surface area contributed by atoms with Gasteiger partial charge in [0.2, 0.25) is 0 Å². The molecule has 0 spiro atoms. The number of benzene rings is 2. The van der Waals surface area contributed by atoms with Gasteiger partial charge in [0.1, 0.15) is 10.6 Å². The molecule has 0 atom stereocenters. The summed E-state index contributed by atoms with van der Waals surface area (Å²) in [6, 6.07) is 10.8. The molecule has 0 aromatic heterocycles. The van der Waals surface area contributed by atoms with Crippen LogP contribution < -0.4 is 9.80 Å². The topological polar surface area (TPSA) is 83.8 Å². The van der Waals surface area contributed by atoms with Gasteiger partial charge in [-0.3, -0.25) is 10.1 Å². The third-order valence-corrected chi connectivity index (χ3v) is 6.16. The molecular formula is C19H23N3O4S. The lowest BCUT2D eigenvalue weighted by molar-refractivity contribution is -0.387. The number of nitro benzene ring substituents is 1. The van der Waals surface area contributed by atoms with E-state index in [1.807, 2.05) is 4.90 Å². The second kappa shape index (κ2) is 7.19. The normalized spacial score (nSPS) is 15.1. The Kier molecular flexibility index (Phi) is 5.10. The summed E-state index contributed by atoms with van der Waals surface area (Å²) in [7, 11) is -3.68. The van der Waals surface area contributed by atoms with Crippen molar-refractivity contribution in [2.24, 2.45) is 0 Å². The third kappa shape index (κ3) is 3.90. The van der Waals surface area contributed by atoms with Crippen molar-refractivity contribution < 1.29 is 13.3 Å². The average Bonchev–Trinajstić information content (AvgIpc) is 2.63. The number of rotatable bonds is 4. The minimum absolute atomic E-state index is 0.235. The summed E-state index contributed by atoms with van der Waals surface area (Å²) in [4.78, 5) is 14.9. The number of hydrogen-bond acceptors (Lipinski definition) is 6. The highest BCUT2D eigenvalue weighted by Crippen LogP contribution is 2.35. The fourth-order valence-electron chi connectivity index (χ4n) is 3.38. The average molecular weight is 389 g/mol. The fraction of sp³-hybridized carbons (Fsp3) is 0.368. The molecule has 2 aromatic rings. The maximum atomic E-state index is 12.0. The lowest BCUT2D eigenvalue weighted by Crippen LogP contribution is -2.46. The van der Waals surface area contributed by atoms with Crippen LogP contribution >= 0.6 is 0 Å². The van der Waals surface area contributed by atoms with Crippen molar-refractivity contribution in [3.8, 4) is 0 Å². The van der Waals surface area contributed by atoms with Gasteiger partial charge in [-0.15, -0.1) is 0 Å². The van der Waals surface area contributed by atoms with E-state index in [-0.39, 0.29) is 10.6 Å². The molecule has 144 valence electrons. The van der Waals surface area contributed by atoms with E-state index in [2.05, 4.69) is 36.9 Å². The maximum Gasteiger partial charge on any atom is 0.311 e. The smallest absolute Gasteiger partial charge is 0.311 e. The Morgan fingerprint density at radius 3 is 2.15 bits per heavy atom. The summed E-state index contributed by atoms with van der Waals surface area (Å²) in [5, 5.41) is 11.6. The Bertz CT molecular complexity index is 980. The van der Waals surface area contributed by atoms with Gasteiger partial charge in [0.05, 0.1) is 4.92 Å². The number of para-hydroxylation sites is 1. The molecule has 1 saturated heterocycles. The number of hydrogen-bond donors (Lipinski definition) is 0. The van der Waals surface area contributed by atoms with Crippen LogP contribution in [-0.4, -0.2) is 45.8 Å². The second-order valence-corrected chi connectivity index (χ2v) is 8.88. The van der Waals surface area contributed by atoms with E-state index in [0.29, 0.717) is 31.9 Å². The van der Waals surface area contributed by atoms with Crippen molar-refractivity contribution in [1.82, 2.24) is 0 Å². The number of nitrogens with zero attached hydrogens (tertiary/aromatic N) is 3. The zero-order valence-electron chi connectivity index (χ0n) is 15.7. The van der Waals surface area contributed by atoms with E-state index >= 15 is 0 Å². The predicted molar refractivity (Wildman–Crippen MR) is 107 cm³/mol. The summed E-state index contributed by atoms with van der Waals surface area (Å²) in [6.45, 7) is 6.74. The van der Waals surface area contributed by atoms with Gasteiger partial charge in [-0.2, -0.15) is 0 Å². The molecule has 7 nitrogen and oxygen atoms in total. The molecule has 0 N–H and O–H groups in total. The first-order chi connectivity index (χ1) is 12.7. The summed E-state index contributed by atoms with van der Waals surface area (Å²) < 4.78 is 23.9. The molecular weight excluding hydrogens is 366 g/mol. The van der Waals surface area contributed by atoms with E-state index in [4.69, 9.17) is 0 Å². The van der Waals surface area contributed by atoms with Gasteiger partial charge in [-0.25, -0.2) is 8.42 Å². The Morgan fingerprint density at radius 1 is 0.963 bits per heavy atom. The number of aryl methyl sites for hydroxylation is 2. The lowest BCUT2D eigenvalue weighted by atomic mass is 10.1. The van der Waals surface area contributed by atoms with E-state index in [9.17, 15) is 18.5 Å². The van der Waals surface area contributed by atoms with Crippen molar-refractivity contribution in [2.75, 3.05) is 42.2 Å². The molecule has 0 aliphatic carbocycles. The number of anilines is 2. The monoisotopic (exact) mass is 389 g/mol. The van der Waals surface area contributed by atoms with Gasteiger partial charge in [0, 0.05) is 38.1 Å². The lowest BCUT2D eigenvalue weighted by Gasteiger charge is -2.37. The molecule has 0 radical (unpaired) electrons. The zero-order valence-corrected chi connectivity index (χ0v) is 16.5. The van der Waals surface area contributed by atoms with Gasteiger partial charge < -0.3 is 9.80 Å². The minimum atomic E-state index is -3.68. The molecule has 0 bridgehead atoms. The first-order valence-corrected chi connectivity index (χ1v) is 10.6. The molecule has 1 fully saturated rings. The first-order valence-electron chi connectivity index (χ1n) is 8.73. The quantitative estimate of drug-likeness (QED) is 0.590. The van der Waals surface area contributed by atoms with Crippen LogP contribution in [-0.2, 0) is 9.84 Å². The Hall–Kier alpha value is -2.61. The molecule has 0 saturated carbocycles. The van der Waals surface area contributed by atoms with Crippen LogP contribution in [0.3, 0.4) is 0 Å². The summed E-state index contributed by atoms with van der Waals surface area (Å²) in [6.07, 6.45) is 0.997. The van der Waals surface area contributed by atoms with Crippen molar-refractivity contribution in [2.45, 2.75) is 18.7 Å². The molecule has 1 aliphatic rings. The Morgan fingerprint density at radius 2 is 1.59 bits per heavy atom. The standard InChI is InChI=1S/C19H23N3O4S/c1-14-7-8-16(13-15(14)2)20-9-11-21(12-10-20)17-5-4-6-18(27(3,25)26)19(17)22(23)24/h4-8,13H,9-12H2,1-3H3. The molecule has 1 heterocycles. The van der Waals surface area contributed by atoms with Gasteiger partial charge >= 0.3 is 5.69 Å². The fourth-order valence-corrected chi connectivity index (χ4v) is 4.23. The highest BCUT2D eigenvalue weighted by atomic mass is 32.2. The molecule has 1 aliphatic heterocycles. The van der Waals surface area contributed by atoms with Crippen LogP contribution in [0, 0.1) is 24.0 Å². The summed E-state index contributed by atoms with van der Waals surface area (Å²) >= 11 is 0. The second-order valence-electron chi connectivity index (χ2n) is 6.90. The van der Waals surface area contributed by atoms with Crippen LogP contribution in [0.5, 0.6) is 0 Å². The minimum Gasteiger partial charge on any atom is -0.368 e. The number of sulfone groups is 1. The molecule has 8 heteroatoms. The van der Waals surface area contributed by atoms with E-state index in [1.165, 1.54) is 17.2 Å². The number of piperazine rings is 1. The van der Waals surface area contributed by atoms with Crippen LogP contribution in [0.25, 0.3) is 0 Å². The Labute approximate surface area is 159 Å². The largest absolute Gasteiger partial charge is 0.368 e. The molecule has 2 aromatic carbocycles. The van der Waals surface area contributed by atoms with Crippen LogP contribution in [0.2, 0.25) is 0 Å². The van der Waals surface area contributed by atoms with Gasteiger partial charge in [0.15, 0.2) is 9.84 Å². The van der Waals surface area contributed by atoms with Gasteiger partial charge in [0.25, 0.3) is 0 Å². The van der Waals surface area contributed by atoms with E-state index in [0.717, 1.165) is 11.9 Å². The maximum absolute atomic E-state index is 12.0. The predicted octanol–water partition coefficient (Wildman–Crippen LogP) is 2.94. The van der Waals surface area contributed by atoms with Gasteiger partial charge in [-0.1, -0.05) is 12.1 Å². The highest BCUT2D eigenvalue weighted by Gasteiger charge is 2.30. The van der Waals surface area contributed by atoms with Crippen molar-refractivity contribution >= 4 is 26.9 Å². The van der Waals surface area contributed by atoms with Gasteiger partial charge in [-0.05, 0) is 49.2 Å². The number of nitro groups is 1. The van der Waals surface area contributed by atoms with Crippen LogP contribution in [0.1, 0.15) is 11.1 Å². The SMILES string of the molecule is Cc1ccc(N2CCN(c3cccc(S(C)(=O)=O)c3[N+](=O)[O-])CC2)cc1C. The van der Waals surface area contributed by atoms with Crippen LogP contribution in [0.4, 0.5) is 17.1 Å². The van der Waals surface area contributed by atoms with Crippen molar-refractivity contribution in [1.29, 1.82) is 0 Å². The van der Waals surface area contributed by atoms with E-state index in [1.54, 1.807) is 12.1 Å². The molecule has 3 rings (SSSR count). The zero-order chi connectivity index (χ0) is 19.8. The highest BCUT2D eigenvalue weighted by molar-refractivity contribution is 7.90. The molecule has 0 amide bonds. The Balaban J connectivity index is 1.86. The third-order valence-electron chi connectivity index (χ3n) is 5.04. The molecule has 27 heavy (non-hydrogen) atoms. The van der Waals surface area contributed by atoms with Crippen molar-refractivity contribution in [3.63, 3.8) is 0 Å². The van der Waals surface area contributed by atoms with E-state index < -0.39 is 14.8 Å². The molecule has 0 unspecified atom stereocenters. The van der Waals surface area contributed by atoms with Crippen LogP contribution in [0.15, 0.2) is 41.3 Å². The first kappa shape index (κ1) is 19.2.